The van der Waals surface area contributed by atoms with Crippen molar-refractivity contribution < 1.29 is 9.47 Å². The Kier molecular flexibility index (Phi) is 3.48. The lowest BCUT2D eigenvalue weighted by Gasteiger charge is -2.37. The fourth-order valence-corrected chi connectivity index (χ4v) is 2.58. The summed E-state index contributed by atoms with van der Waals surface area (Å²) in [6.45, 7) is 4.18. The van der Waals surface area contributed by atoms with Crippen molar-refractivity contribution in [1.82, 2.24) is 14.9 Å². The number of piperidine rings is 1. The highest BCUT2D eigenvalue weighted by Gasteiger charge is 2.39. The molecule has 0 aromatic carbocycles. The van der Waals surface area contributed by atoms with Gasteiger partial charge in [-0.2, -0.15) is 0 Å². The highest BCUT2D eigenvalue weighted by atomic mass is 35.5. The van der Waals surface area contributed by atoms with Crippen LogP contribution in [-0.2, 0) is 16.0 Å². The van der Waals surface area contributed by atoms with E-state index in [0.29, 0.717) is 5.15 Å². The predicted octanol–water partition coefficient (Wildman–Crippen LogP) is 1.47. The third-order valence-corrected chi connectivity index (χ3v) is 3.69. The van der Waals surface area contributed by atoms with E-state index in [1.807, 2.05) is 0 Å². The van der Waals surface area contributed by atoms with Crippen LogP contribution in [0.3, 0.4) is 0 Å². The molecule has 0 saturated carbocycles. The van der Waals surface area contributed by atoms with E-state index < -0.39 is 0 Å². The van der Waals surface area contributed by atoms with E-state index in [1.54, 1.807) is 12.4 Å². The van der Waals surface area contributed by atoms with Crippen LogP contribution in [0.15, 0.2) is 12.4 Å². The summed E-state index contributed by atoms with van der Waals surface area (Å²) in [5, 5.41) is 0.434. The van der Waals surface area contributed by atoms with Crippen molar-refractivity contribution in [2.45, 2.75) is 25.2 Å². The summed E-state index contributed by atoms with van der Waals surface area (Å²) in [5.41, 5.74) is 0.948. The van der Waals surface area contributed by atoms with Crippen molar-refractivity contribution in [2.75, 3.05) is 26.3 Å². The molecule has 2 fully saturated rings. The Morgan fingerprint density at radius 2 is 1.89 bits per heavy atom. The van der Waals surface area contributed by atoms with Crippen LogP contribution >= 0.6 is 11.6 Å². The standard InChI is InChI=1S/C12H16ClN3O2/c13-11-8-14-10(7-15-11)9-16-3-1-12(2-4-16)17-5-6-18-12/h7-8H,1-6,9H2. The SMILES string of the molecule is Clc1cnc(CN2CCC3(CC2)OCCO3)cn1. The number of halogens is 1. The second-order valence-electron chi connectivity index (χ2n) is 4.71. The maximum Gasteiger partial charge on any atom is 0.170 e. The highest BCUT2D eigenvalue weighted by molar-refractivity contribution is 6.29. The molecule has 0 N–H and O–H groups in total. The maximum atomic E-state index is 5.72. The van der Waals surface area contributed by atoms with Gasteiger partial charge in [0.2, 0.25) is 0 Å². The monoisotopic (exact) mass is 269 g/mol. The summed E-state index contributed by atoms with van der Waals surface area (Å²) in [6.07, 6.45) is 5.17. The second-order valence-corrected chi connectivity index (χ2v) is 5.10. The van der Waals surface area contributed by atoms with Gasteiger partial charge >= 0.3 is 0 Å². The minimum atomic E-state index is -0.303. The first-order valence-corrected chi connectivity index (χ1v) is 6.60. The minimum absolute atomic E-state index is 0.303. The normalized spacial score (nSPS) is 23.6. The highest BCUT2D eigenvalue weighted by Crippen LogP contribution is 2.31. The summed E-state index contributed by atoms with van der Waals surface area (Å²) >= 11 is 5.72. The molecule has 98 valence electrons. The molecular formula is C12H16ClN3O2. The quantitative estimate of drug-likeness (QED) is 0.814. The van der Waals surface area contributed by atoms with Gasteiger partial charge < -0.3 is 9.47 Å². The first kappa shape index (κ1) is 12.3. The predicted molar refractivity (Wildman–Crippen MR) is 66.2 cm³/mol. The lowest BCUT2D eigenvalue weighted by Crippen LogP contribution is -2.44. The van der Waals surface area contributed by atoms with Gasteiger partial charge in [0.15, 0.2) is 5.79 Å². The van der Waals surface area contributed by atoms with Gasteiger partial charge in [0, 0.05) is 32.5 Å². The van der Waals surface area contributed by atoms with Gasteiger partial charge in [-0.3, -0.25) is 9.88 Å². The number of likely N-dealkylation sites (tertiary alicyclic amines) is 1. The third kappa shape index (κ3) is 2.64. The molecule has 18 heavy (non-hydrogen) atoms. The van der Waals surface area contributed by atoms with Gasteiger partial charge in [-0.15, -0.1) is 0 Å². The van der Waals surface area contributed by atoms with Crippen LogP contribution in [0.5, 0.6) is 0 Å². The molecule has 2 aliphatic heterocycles. The van der Waals surface area contributed by atoms with E-state index in [1.165, 1.54) is 0 Å². The molecule has 0 amide bonds. The van der Waals surface area contributed by atoms with Crippen molar-refractivity contribution in [3.8, 4) is 0 Å². The topological polar surface area (TPSA) is 47.5 Å². The Hall–Kier alpha value is -0.750. The minimum Gasteiger partial charge on any atom is -0.347 e. The van der Waals surface area contributed by atoms with Gasteiger partial charge in [0.25, 0.3) is 0 Å². The van der Waals surface area contributed by atoms with Crippen LogP contribution in [0.4, 0.5) is 0 Å². The van der Waals surface area contributed by atoms with Gasteiger partial charge in [0.1, 0.15) is 5.15 Å². The van der Waals surface area contributed by atoms with Gasteiger partial charge in [-0.05, 0) is 0 Å². The van der Waals surface area contributed by atoms with Crippen molar-refractivity contribution in [2.24, 2.45) is 0 Å². The first-order valence-electron chi connectivity index (χ1n) is 6.22. The Balaban J connectivity index is 1.55. The van der Waals surface area contributed by atoms with Crippen molar-refractivity contribution in [3.63, 3.8) is 0 Å². The Morgan fingerprint density at radius 3 is 2.50 bits per heavy atom. The molecule has 3 rings (SSSR count). The van der Waals surface area contributed by atoms with Crippen LogP contribution in [0.1, 0.15) is 18.5 Å². The van der Waals surface area contributed by atoms with E-state index in [9.17, 15) is 0 Å². The largest absolute Gasteiger partial charge is 0.347 e. The van der Waals surface area contributed by atoms with Crippen LogP contribution in [0.2, 0.25) is 5.15 Å². The third-order valence-electron chi connectivity index (χ3n) is 3.49. The van der Waals surface area contributed by atoms with Crippen LogP contribution < -0.4 is 0 Å². The fourth-order valence-electron chi connectivity index (χ4n) is 2.49. The molecule has 2 saturated heterocycles. The molecule has 3 heterocycles. The van der Waals surface area contributed by atoms with E-state index in [4.69, 9.17) is 21.1 Å². The van der Waals surface area contributed by atoms with E-state index >= 15 is 0 Å². The zero-order valence-electron chi connectivity index (χ0n) is 10.1. The molecule has 0 atom stereocenters. The van der Waals surface area contributed by atoms with Gasteiger partial charge in [0.05, 0.1) is 31.3 Å². The van der Waals surface area contributed by atoms with Crippen molar-refractivity contribution in [1.29, 1.82) is 0 Å². The number of ether oxygens (including phenoxy) is 2. The summed E-state index contributed by atoms with van der Waals surface area (Å²) < 4.78 is 11.4. The molecule has 6 heteroatoms. The summed E-state index contributed by atoms with van der Waals surface area (Å²) in [7, 11) is 0. The van der Waals surface area contributed by atoms with E-state index in [0.717, 1.165) is 51.4 Å². The maximum absolute atomic E-state index is 5.72. The molecule has 0 aliphatic carbocycles. The fraction of sp³-hybridized carbons (Fsp3) is 0.667. The lowest BCUT2D eigenvalue weighted by molar-refractivity contribution is -0.185. The summed E-state index contributed by atoms with van der Waals surface area (Å²) in [4.78, 5) is 10.6. The lowest BCUT2D eigenvalue weighted by atomic mass is 10.0. The summed E-state index contributed by atoms with van der Waals surface area (Å²) in [6, 6.07) is 0. The Morgan fingerprint density at radius 1 is 1.17 bits per heavy atom. The molecule has 0 unspecified atom stereocenters. The molecule has 0 bridgehead atoms. The zero-order valence-corrected chi connectivity index (χ0v) is 10.9. The number of hydrogen-bond acceptors (Lipinski definition) is 5. The molecule has 5 nitrogen and oxygen atoms in total. The van der Waals surface area contributed by atoms with Gasteiger partial charge in [-0.25, -0.2) is 4.98 Å². The molecule has 1 aromatic rings. The van der Waals surface area contributed by atoms with E-state index in [-0.39, 0.29) is 5.79 Å². The second kappa shape index (κ2) is 5.09. The number of hydrogen-bond donors (Lipinski definition) is 0. The number of aromatic nitrogens is 2. The average molecular weight is 270 g/mol. The van der Waals surface area contributed by atoms with E-state index in [2.05, 4.69) is 14.9 Å². The van der Waals surface area contributed by atoms with Crippen LogP contribution in [0, 0.1) is 0 Å². The Labute approximate surface area is 111 Å². The van der Waals surface area contributed by atoms with Crippen LogP contribution in [-0.4, -0.2) is 47.0 Å². The molecule has 0 radical (unpaired) electrons. The molecular weight excluding hydrogens is 254 g/mol. The zero-order chi connectivity index (χ0) is 12.4. The van der Waals surface area contributed by atoms with Gasteiger partial charge in [-0.1, -0.05) is 11.6 Å². The Bertz CT molecular complexity index is 396. The van der Waals surface area contributed by atoms with Crippen LogP contribution in [0.25, 0.3) is 0 Å². The van der Waals surface area contributed by atoms with Crippen molar-refractivity contribution in [3.05, 3.63) is 23.2 Å². The molecule has 2 aliphatic rings. The summed E-state index contributed by atoms with van der Waals surface area (Å²) in [5.74, 6) is -0.303. The smallest absolute Gasteiger partial charge is 0.170 e. The average Bonchev–Trinajstić information content (AvgIpc) is 2.84. The number of nitrogens with zero attached hydrogens (tertiary/aromatic N) is 3. The first-order chi connectivity index (χ1) is 8.76. The van der Waals surface area contributed by atoms with Crippen molar-refractivity contribution >= 4 is 11.6 Å². The molecule has 1 spiro atoms. The molecule has 1 aromatic heterocycles. The number of rotatable bonds is 2.